The molecule has 11 aromatic rings. The summed E-state index contributed by atoms with van der Waals surface area (Å²) in [5.41, 5.74) is 23.1. The smallest absolute Gasteiger partial charge is 0.0273 e. The number of pyridine rings is 4. The first-order valence-corrected chi connectivity index (χ1v) is 22.1. The van der Waals surface area contributed by atoms with Crippen molar-refractivity contribution in [2.45, 2.75) is 0 Å². The molecule has 0 unspecified atom stereocenters. The molecule has 4 heterocycles. The Kier molecular flexibility index (Phi) is 10.9. The monoisotopic (exact) mass is 842 g/mol. The second-order valence-corrected chi connectivity index (χ2v) is 16.4. The molecule has 7 aromatic carbocycles. The predicted molar refractivity (Wildman–Crippen MR) is 272 cm³/mol. The van der Waals surface area contributed by atoms with Gasteiger partial charge in [-0.2, -0.15) is 0 Å². The zero-order valence-electron chi connectivity index (χ0n) is 36.0. The van der Waals surface area contributed by atoms with Gasteiger partial charge in [0.15, 0.2) is 0 Å². The summed E-state index contributed by atoms with van der Waals surface area (Å²) in [6, 6.07) is 74.6. The average Bonchev–Trinajstić information content (AvgIpc) is 3.42. The van der Waals surface area contributed by atoms with Crippen molar-refractivity contribution >= 4 is 0 Å². The Labute approximate surface area is 385 Å². The van der Waals surface area contributed by atoms with Crippen LogP contribution in [0.2, 0.25) is 0 Å². The Bertz CT molecular complexity index is 2940. The molecule has 0 amide bonds. The summed E-state index contributed by atoms with van der Waals surface area (Å²) in [5, 5.41) is 0. The second kappa shape index (κ2) is 18.1. The van der Waals surface area contributed by atoms with E-state index in [1.54, 1.807) is 0 Å². The quantitative estimate of drug-likeness (QED) is 0.138. The maximum absolute atomic E-state index is 4.21. The van der Waals surface area contributed by atoms with E-state index in [2.05, 4.69) is 178 Å². The van der Waals surface area contributed by atoms with E-state index in [0.717, 1.165) is 111 Å². The first-order chi connectivity index (χ1) is 32.7. The third-order valence-corrected chi connectivity index (χ3v) is 12.3. The van der Waals surface area contributed by atoms with E-state index in [0.29, 0.717) is 0 Å². The molecule has 0 saturated carbocycles. The van der Waals surface area contributed by atoms with Crippen LogP contribution < -0.4 is 0 Å². The molecular formula is C62H42N4. The van der Waals surface area contributed by atoms with Gasteiger partial charge in [-0.15, -0.1) is 0 Å². The van der Waals surface area contributed by atoms with Crippen LogP contribution >= 0.6 is 0 Å². The van der Waals surface area contributed by atoms with Gasteiger partial charge in [-0.1, -0.05) is 121 Å². The van der Waals surface area contributed by atoms with Crippen LogP contribution in [-0.2, 0) is 0 Å². The summed E-state index contributed by atoms with van der Waals surface area (Å²) < 4.78 is 0. The molecule has 0 atom stereocenters. The summed E-state index contributed by atoms with van der Waals surface area (Å²) in [6.45, 7) is 0. The van der Waals surface area contributed by atoms with Crippen molar-refractivity contribution in [1.82, 2.24) is 19.9 Å². The molecule has 0 aliphatic carbocycles. The van der Waals surface area contributed by atoms with Crippen molar-refractivity contribution in [3.05, 3.63) is 256 Å². The molecule has 0 fully saturated rings. The van der Waals surface area contributed by atoms with E-state index in [-0.39, 0.29) is 0 Å². The number of hydrogen-bond donors (Lipinski definition) is 0. The summed E-state index contributed by atoms with van der Waals surface area (Å²) in [7, 11) is 0. The first-order valence-electron chi connectivity index (χ1n) is 22.1. The minimum absolute atomic E-state index is 1.15. The lowest BCUT2D eigenvalue weighted by molar-refractivity contribution is 1.33. The topological polar surface area (TPSA) is 51.6 Å². The molecule has 0 N–H and O–H groups in total. The van der Waals surface area contributed by atoms with Crippen molar-refractivity contribution in [3.63, 3.8) is 0 Å². The van der Waals surface area contributed by atoms with Crippen LogP contribution in [0.25, 0.3) is 111 Å². The minimum Gasteiger partial charge on any atom is -0.265 e. The molecule has 4 heteroatoms. The summed E-state index contributed by atoms with van der Waals surface area (Å²) in [4.78, 5) is 16.8. The molecule has 0 bridgehead atoms. The van der Waals surface area contributed by atoms with Gasteiger partial charge in [0.05, 0.1) is 0 Å². The molecule has 0 saturated heterocycles. The van der Waals surface area contributed by atoms with Crippen LogP contribution in [0, 0.1) is 0 Å². The number of aromatic nitrogens is 4. The molecule has 0 spiro atoms. The summed E-state index contributed by atoms with van der Waals surface area (Å²) in [5.74, 6) is 0. The zero-order valence-corrected chi connectivity index (χ0v) is 36.0. The fourth-order valence-electron chi connectivity index (χ4n) is 8.71. The lowest BCUT2D eigenvalue weighted by Crippen LogP contribution is -1.89. The Balaban J connectivity index is 0.966. The van der Waals surface area contributed by atoms with E-state index in [1.807, 2.05) is 98.1 Å². The van der Waals surface area contributed by atoms with Crippen molar-refractivity contribution in [3.8, 4) is 111 Å². The molecular weight excluding hydrogens is 801 g/mol. The molecule has 310 valence electrons. The van der Waals surface area contributed by atoms with E-state index < -0.39 is 0 Å². The van der Waals surface area contributed by atoms with Gasteiger partial charge in [0.25, 0.3) is 0 Å². The fourth-order valence-corrected chi connectivity index (χ4v) is 8.71. The van der Waals surface area contributed by atoms with E-state index in [4.69, 9.17) is 0 Å². The predicted octanol–water partition coefficient (Wildman–Crippen LogP) is 15.9. The molecule has 11 rings (SSSR count). The number of nitrogens with zero attached hydrogens (tertiary/aromatic N) is 4. The van der Waals surface area contributed by atoms with Crippen LogP contribution in [0.15, 0.2) is 256 Å². The van der Waals surface area contributed by atoms with Crippen molar-refractivity contribution in [2.75, 3.05) is 0 Å². The third-order valence-electron chi connectivity index (χ3n) is 12.3. The summed E-state index contributed by atoms with van der Waals surface area (Å²) in [6.07, 6.45) is 14.7. The van der Waals surface area contributed by atoms with Crippen LogP contribution in [0.3, 0.4) is 0 Å². The SMILES string of the molecule is c1cc(-c2ccc(-c3cc(-c4ccc(-c5ccncc5)cc4)cc(-c4ccc(-c5cc(-c6ccc(-c7ccncc7)cc6)cc(-c6ccc(-c7ccncc7)cc6)c5)cc4)c3)cc2)ccn1. The highest BCUT2D eigenvalue weighted by Crippen LogP contribution is 2.38. The van der Waals surface area contributed by atoms with Gasteiger partial charge in [-0.3, -0.25) is 19.9 Å². The highest BCUT2D eigenvalue weighted by Gasteiger charge is 2.13. The van der Waals surface area contributed by atoms with Gasteiger partial charge < -0.3 is 0 Å². The lowest BCUT2D eigenvalue weighted by atomic mass is 9.90. The van der Waals surface area contributed by atoms with Gasteiger partial charge in [-0.25, -0.2) is 0 Å². The van der Waals surface area contributed by atoms with E-state index >= 15 is 0 Å². The average molecular weight is 843 g/mol. The lowest BCUT2D eigenvalue weighted by Gasteiger charge is -2.14. The van der Waals surface area contributed by atoms with Crippen LogP contribution in [-0.4, -0.2) is 19.9 Å². The Hall–Kier alpha value is -8.86. The highest BCUT2D eigenvalue weighted by atomic mass is 14.6. The van der Waals surface area contributed by atoms with Gasteiger partial charge in [0.1, 0.15) is 0 Å². The minimum atomic E-state index is 1.15. The normalized spacial score (nSPS) is 11.0. The second-order valence-electron chi connectivity index (χ2n) is 16.4. The summed E-state index contributed by atoms with van der Waals surface area (Å²) >= 11 is 0. The Morgan fingerprint density at radius 3 is 0.364 bits per heavy atom. The standard InChI is InChI=1S/C62H42N4/c1-9-47(10-2-43(1)53-21-29-63-30-22-53)57-37-58(48-11-3-44(4-12-48)54-23-31-64-32-24-54)40-61(39-57)51-17-19-52(20-18-51)62-41-59(49-13-5-45(6-14-49)55-25-33-65-34-26-55)38-60(42-62)50-15-7-46(8-16-50)56-27-35-66-36-28-56/h1-42H. The van der Waals surface area contributed by atoms with Crippen LogP contribution in [0.4, 0.5) is 0 Å². The molecule has 0 radical (unpaired) electrons. The maximum atomic E-state index is 4.21. The molecule has 4 nitrogen and oxygen atoms in total. The van der Waals surface area contributed by atoms with Crippen LogP contribution in [0.5, 0.6) is 0 Å². The number of hydrogen-bond acceptors (Lipinski definition) is 4. The number of benzene rings is 7. The zero-order chi connectivity index (χ0) is 44.1. The molecule has 66 heavy (non-hydrogen) atoms. The van der Waals surface area contributed by atoms with Gasteiger partial charge in [-0.05, 0) is 196 Å². The van der Waals surface area contributed by atoms with Crippen LogP contribution in [0.1, 0.15) is 0 Å². The van der Waals surface area contributed by atoms with Crippen molar-refractivity contribution < 1.29 is 0 Å². The fraction of sp³-hybridized carbons (Fsp3) is 0. The maximum Gasteiger partial charge on any atom is 0.0273 e. The van der Waals surface area contributed by atoms with Crippen molar-refractivity contribution in [2.24, 2.45) is 0 Å². The molecule has 0 aliphatic heterocycles. The third kappa shape index (κ3) is 8.59. The van der Waals surface area contributed by atoms with Gasteiger partial charge in [0, 0.05) is 49.6 Å². The Morgan fingerprint density at radius 1 is 0.121 bits per heavy atom. The van der Waals surface area contributed by atoms with Gasteiger partial charge in [0.2, 0.25) is 0 Å². The Morgan fingerprint density at radius 2 is 0.227 bits per heavy atom. The van der Waals surface area contributed by atoms with E-state index in [1.165, 1.54) is 0 Å². The highest BCUT2D eigenvalue weighted by molar-refractivity contribution is 5.86. The van der Waals surface area contributed by atoms with E-state index in [9.17, 15) is 0 Å². The van der Waals surface area contributed by atoms with Crippen molar-refractivity contribution in [1.29, 1.82) is 0 Å². The molecule has 4 aromatic heterocycles. The number of rotatable bonds is 10. The molecule has 0 aliphatic rings. The largest absolute Gasteiger partial charge is 0.265 e. The van der Waals surface area contributed by atoms with Gasteiger partial charge >= 0.3 is 0 Å². The first kappa shape index (κ1) is 40.0.